The summed E-state index contributed by atoms with van der Waals surface area (Å²) in [5.74, 6) is -0.995. The normalized spacial score (nSPS) is 15.2. The van der Waals surface area contributed by atoms with Crippen LogP contribution in [0.15, 0.2) is 30.3 Å². The molecule has 94 valence electrons. The molecule has 0 aliphatic carbocycles. The molecule has 0 aromatic heterocycles. The largest absolute Gasteiger partial charge is 0.445 e. The van der Waals surface area contributed by atoms with Crippen molar-refractivity contribution >= 4 is 17.9 Å². The van der Waals surface area contributed by atoms with Crippen molar-refractivity contribution in [1.82, 2.24) is 10.2 Å². The Hall–Kier alpha value is -2.37. The molecule has 1 N–H and O–H groups in total. The maximum absolute atomic E-state index is 11.6. The monoisotopic (exact) mass is 248 g/mol. The van der Waals surface area contributed by atoms with E-state index in [-0.39, 0.29) is 19.7 Å². The lowest BCUT2D eigenvalue weighted by molar-refractivity contribution is -0.135. The first-order chi connectivity index (χ1) is 8.65. The molecule has 1 aliphatic rings. The quantitative estimate of drug-likeness (QED) is 0.763. The summed E-state index contributed by atoms with van der Waals surface area (Å²) in [6.07, 6.45) is -0.665. The van der Waals surface area contributed by atoms with Crippen molar-refractivity contribution in [3.8, 4) is 0 Å². The molecule has 0 spiro atoms. The van der Waals surface area contributed by atoms with Crippen LogP contribution in [0.4, 0.5) is 4.79 Å². The molecule has 0 saturated carbocycles. The van der Waals surface area contributed by atoms with E-state index >= 15 is 0 Å². The van der Waals surface area contributed by atoms with E-state index in [9.17, 15) is 14.4 Å². The maximum Gasteiger partial charge on any atom is 0.411 e. The van der Waals surface area contributed by atoms with E-state index in [4.69, 9.17) is 4.74 Å². The fourth-order valence-electron chi connectivity index (χ4n) is 1.58. The topological polar surface area (TPSA) is 75.7 Å². The van der Waals surface area contributed by atoms with Gasteiger partial charge in [-0.25, -0.2) is 4.79 Å². The Labute approximate surface area is 104 Å². The van der Waals surface area contributed by atoms with E-state index < -0.39 is 17.9 Å². The van der Waals surface area contributed by atoms with Gasteiger partial charge in [-0.05, 0) is 5.56 Å². The van der Waals surface area contributed by atoms with Crippen LogP contribution in [0.3, 0.4) is 0 Å². The smallest absolute Gasteiger partial charge is 0.411 e. The Bertz CT molecular complexity index is 456. The zero-order valence-electron chi connectivity index (χ0n) is 9.59. The first-order valence-corrected chi connectivity index (χ1v) is 5.43. The van der Waals surface area contributed by atoms with Gasteiger partial charge in [0.05, 0.1) is 0 Å². The number of benzene rings is 1. The molecule has 0 radical (unpaired) electrons. The molecule has 2 rings (SSSR count). The van der Waals surface area contributed by atoms with Crippen molar-refractivity contribution < 1.29 is 19.1 Å². The van der Waals surface area contributed by atoms with Crippen LogP contribution in [0.2, 0.25) is 0 Å². The summed E-state index contributed by atoms with van der Waals surface area (Å²) in [7, 11) is 0. The van der Waals surface area contributed by atoms with Crippen LogP contribution in [0.25, 0.3) is 0 Å². The Kier molecular flexibility index (Phi) is 3.57. The van der Waals surface area contributed by atoms with Gasteiger partial charge in [0.15, 0.2) is 0 Å². The van der Waals surface area contributed by atoms with Crippen molar-refractivity contribution in [2.45, 2.75) is 6.61 Å². The number of carbonyl (C=O) groups is 3. The van der Waals surface area contributed by atoms with E-state index in [1.807, 2.05) is 30.3 Å². The summed E-state index contributed by atoms with van der Waals surface area (Å²) in [6, 6.07) is 9.17. The number of hydrogen-bond donors (Lipinski definition) is 1. The highest BCUT2D eigenvalue weighted by Crippen LogP contribution is 2.04. The van der Waals surface area contributed by atoms with Gasteiger partial charge in [0.2, 0.25) is 11.8 Å². The number of rotatable bonds is 2. The Morgan fingerprint density at radius 2 is 1.78 bits per heavy atom. The predicted molar refractivity (Wildman–Crippen MR) is 61.3 cm³/mol. The first-order valence-electron chi connectivity index (χ1n) is 5.43. The van der Waals surface area contributed by atoms with Crippen LogP contribution in [0, 0.1) is 0 Å². The van der Waals surface area contributed by atoms with E-state index in [1.54, 1.807) is 0 Å². The van der Waals surface area contributed by atoms with Crippen LogP contribution in [-0.4, -0.2) is 35.9 Å². The fraction of sp³-hybridized carbons (Fsp3) is 0.250. The number of nitrogens with one attached hydrogen (secondary N) is 1. The van der Waals surface area contributed by atoms with E-state index in [2.05, 4.69) is 5.32 Å². The third-order valence-corrected chi connectivity index (χ3v) is 2.41. The second kappa shape index (κ2) is 5.31. The molecular weight excluding hydrogens is 236 g/mol. The average Bonchev–Trinajstić information content (AvgIpc) is 2.36. The molecule has 1 heterocycles. The van der Waals surface area contributed by atoms with E-state index in [0.717, 1.165) is 10.5 Å². The molecule has 1 aliphatic heterocycles. The van der Waals surface area contributed by atoms with Gasteiger partial charge in [-0.1, -0.05) is 30.3 Å². The Morgan fingerprint density at radius 1 is 1.17 bits per heavy atom. The summed E-state index contributed by atoms with van der Waals surface area (Å²) in [4.78, 5) is 34.9. The van der Waals surface area contributed by atoms with Gasteiger partial charge >= 0.3 is 6.09 Å². The maximum atomic E-state index is 11.6. The zero-order chi connectivity index (χ0) is 13.0. The van der Waals surface area contributed by atoms with Gasteiger partial charge in [0.1, 0.15) is 19.7 Å². The molecule has 0 bridgehead atoms. The molecular formula is C12H12N2O4. The lowest BCUT2D eigenvalue weighted by Gasteiger charge is -2.24. The lowest BCUT2D eigenvalue weighted by Crippen LogP contribution is -2.53. The van der Waals surface area contributed by atoms with Gasteiger partial charge in [0.25, 0.3) is 0 Å². The van der Waals surface area contributed by atoms with E-state index in [0.29, 0.717) is 0 Å². The molecule has 1 fully saturated rings. The second-order valence-electron chi connectivity index (χ2n) is 3.87. The van der Waals surface area contributed by atoms with Crippen LogP contribution in [-0.2, 0) is 20.9 Å². The SMILES string of the molecule is O=C1CN(C(=O)OCc2ccccc2)CC(=O)N1. The first kappa shape index (κ1) is 12.1. The van der Waals surface area contributed by atoms with Gasteiger partial charge in [-0.15, -0.1) is 0 Å². The molecule has 0 unspecified atom stereocenters. The van der Waals surface area contributed by atoms with E-state index in [1.165, 1.54) is 0 Å². The minimum absolute atomic E-state index is 0.117. The summed E-state index contributed by atoms with van der Waals surface area (Å²) >= 11 is 0. The third kappa shape index (κ3) is 3.07. The second-order valence-corrected chi connectivity index (χ2v) is 3.87. The average molecular weight is 248 g/mol. The van der Waals surface area contributed by atoms with Crippen LogP contribution >= 0.6 is 0 Å². The number of carbonyl (C=O) groups excluding carboxylic acids is 3. The Morgan fingerprint density at radius 3 is 2.39 bits per heavy atom. The molecule has 1 aromatic rings. The number of piperazine rings is 1. The zero-order valence-corrected chi connectivity index (χ0v) is 9.59. The highest BCUT2D eigenvalue weighted by molar-refractivity contribution is 6.01. The summed E-state index contributed by atoms with van der Waals surface area (Å²) in [6.45, 7) is -0.190. The van der Waals surface area contributed by atoms with Crippen molar-refractivity contribution in [2.75, 3.05) is 13.1 Å². The molecule has 0 atom stereocenters. The number of hydrogen-bond acceptors (Lipinski definition) is 4. The molecule has 6 heteroatoms. The molecule has 3 amide bonds. The molecule has 1 saturated heterocycles. The highest BCUT2D eigenvalue weighted by atomic mass is 16.6. The molecule has 6 nitrogen and oxygen atoms in total. The minimum Gasteiger partial charge on any atom is -0.445 e. The highest BCUT2D eigenvalue weighted by Gasteiger charge is 2.27. The van der Waals surface area contributed by atoms with Crippen LogP contribution in [0.5, 0.6) is 0 Å². The van der Waals surface area contributed by atoms with Gasteiger partial charge in [0, 0.05) is 0 Å². The third-order valence-electron chi connectivity index (χ3n) is 2.41. The number of ether oxygens (including phenoxy) is 1. The Balaban J connectivity index is 1.88. The summed E-state index contributed by atoms with van der Waals surface area (Å²) in [5, 5.41) is 2.11. The van der Waals surface area contributed by atoms with Gasteiger partial charge in [-0.2, -0.15) is 0 Å². The van der Waals surface area contributed by atoms with Crippen molar-refractivity contribution in [2.24, 2.45) is 0 Å². The fourth-order valence-corrected chi connectivity index (χ4v) is 1.58. The van der Waals surface area contributed by atoms with Crippen molar-refractivity contribution in [1.29, 1.82) is 0 Å². The van der Waals surface area contributed by atoms with Crippen LogP contribution in [0.1, 0.15) is 5.56 Å². The van der Waals surface area contributed by atoms with Crippen molar-refractivity contribution in [3.05, 3.63) is 35.9 Å². The van der Waals surface area contributed by atoms with Gasteiger partial charge < -0.3 is 4.74 Å². The number of amides is 3. The minimum atomic E-state index is -0.665. The number of nitrogens with zero attached hydrogens (tertiary/aromatic N) is 1. The lowest BCUT2D eigenvalue weighted by atomic mass is 10.2. The van der Waals surface area contributed by atoms with Gasteiger partial charge in [-0.3, -0.25) is 19.8 Å². The number of imide groups is 1. The molecule has 18 heavy (non-hydrogen) atoms. The standard InChI is InChI=1S/C12H12N2O4/c15-10-6-14(7-11(16)13-10)12(17)18-8-9-4-2-1-3-5-9/h1-5H,6-8H2,(H,13,15,16). The van der Waals surface area contributed by atoms with Crippen molar-refractivity contribution in [3.63, 3.8) is 0 Å². The summed E-state index contributed by atoms with van der Waals surface area (Å²) < 4.78 is 5.02. The molecule has 1 aromatic carbocycles. The predicted octanol–water partition coefficient (Wildman–Crippen LogP) is 0.282. The van der Waals surface area contributed by atoms with Crippen LogP contribution < -0.4 is 5.32 Å². The summed E-state index contributed by atoms with van der Waals surface area (Å²) in [5.41, 5.74) is 0.846.